The maximum atomic E-state index is 12.2. The number of rotatable bonds is 4. The summed E-state index contributed by atoms with van der Waals surface area (Å²) in [6.45, 7) is 5.54. The van der Waals surface area contributed by atoms with Crippen LogP contribution >= 0.6 is 0 Å². The maximum Gasteiger partial charge on any atom is 0.317 e. The number of hydrogen-bond donors (Lipinski definition) is 3. The lowest BCUT2D eigenvalue weighted by atomic mass is 10.2. The van der Waals surface area contributed by atoms with Gasteiger partial charge in [0.15, 0.2) is 0 Å². The van der Waals surface area contributed by atoms with Crippen molar-refractivity contribution in [3.8, 4) is 0 Å². The predicted octanol–water partition coefficient (Wildman–Crippen LogP) is 2.60. The molecule has 0 saturated carbocycles. The van der Waals surface area contributed by atoms with Crippen molar-refractivity contribution >= 4 is 23.0 Å². The second kappa shape index (κ2) is 7.46. The summed E-state index contributed by atoms with van der Waals surface area (Å²) in [5.74, 6) is 0.715. The van der Waals surface area contributed by atoms with E-state index < -0.39 is 0 Å². The summed E-state index contributed by atoms with van der Waals surface area (Å²) >= 11 is 0. The third-order valence-corrected chi connectivity index (χ3v) is 4.36. The molecule has 3 rings (SSSR count). The molecule has 1 saturated heterocycles. The summed E-state index contributed by atoms with van der Waals surface area (Å²) in [4.78, 5) is 25.7. The van der Waals surface area contributed by atoms with Crippen molar-refractivity contribution < 1.29 is 14.0 Å². The highest BCUT2D eigenvalue weighted by molar-refractivity contribution is 5.79. The smallest absolute Gasteiger partial charge is 0.317 e. The standard InChI is InChI=1S/C18H24N4O3/c1-3-19-18(24)22-9-8-14(11-22)21-17(23)20-12(2)16-10-13-6-4-5-7-15(13)25-16/h4-7,10,12,14H,3,8-9,11H2,1-2H3,(H,19,24)(H2,20,21,23)/t12-,14+/m0/s1. The van der Waals surface area contributed by atoms with E-state index in [1.807, 2.05) is 44.2 Å². The van der Waals surface area contributed by atoms with E-state index in [0.29, 0.717) is 25.4 Å². The Morgan fingerprint density at radius 2 is 2.16 bits per heavy atom. The Kier molecular flexibility index (Phi) is 5.11. The Morgan fingerprint density at radius 3 is 2.92 bits per heavy atom. The van der Waals surface area contributed by atoms with Gasteiger partial charge in [-0.2, -0.15) is 0 Å². The number of amides is 4. The molecule has 0 aliphatic carbocycles. The van der Waals surface area contributed by atoms with E-state index >= 15 is 0 Å². The van der Waals surface area contributed by atoms with Crippen LogP contribution in [0.5, 0.6) is 0 Å². The van der Waals surface area contributed by atoms with Crippen molar-refractivity contribution in [1.82, 2.24) is 20.9 Å². The number of carbonyl (C=O) groups excluding carboxylic acids is 2. The topological polar surface area (TPSA) is 86.6 Å². The molecule has 7 heteroatoms. The summed E-state index contributed by atoms with van der Waals surface area (Å²) < 4.78 is 5.77. The van der Waals surface area contributed by atoms with Gasteiger partial charge in [0.25, 0.3) is 0 Å². The number of hydrogen-bond acceptors (Lipinski definition) is 3. The van der Waals surface area contributed by atoms with Crippen molar-refractivity contribution in [3.05, 3.63) is 36.1 Å². The molecule has 0 radical (unpaired) electrons. The predicted molar refractivity (Wildman–Crippen MR) is 95.3 cm³/mol. The van der Waals surface area contributed by atoms with Gasteiger partial charge in [-0.25, -0.2) is 9.59 Å². The lowest BCUT2D eigenvalue weighted by Crippen LogP contribution is -2.45. The summed E-state index contributed by atoms with van der Waals surface area (Å²) in [5.41, 5.74) is 0.805. The number of nitrogens with zero attached hydrogens (tertiary/aromatic N) is 1. The number of para-hydroxylation sites is 1. The molecule has 7 nitrogen and oxygen atoms in total. The molecule has 134 valence electrons. The van der Waals surface area contributed by atoms with E-state index in [2.05, 4.69) is 16.0 Å². The second-order valence-corrected chi connectivity index (χ2v) is 6.29. The van der Waals surface area contributed by atoms with Gasteiger partial charge in [-0.3, -0.25) is 0 Å². The zero-order valence-corrected chi connectivity index (χ0v) is 14.5. The molecule has 1 aromatic heterocycles. The van der Waals surface area contributed by atoms with Gasteiger partial charge < -0.3 is 25.3 Å². The van der Waals surface area contributed by atoms with E-state index in [0.717, 1.165) is 17.4 Å². The first kappa shape index (κ1) is 17.1. The molecule has 1 aromatic carbocycles. The minimum Gasteiger partial charge on any atom is -0.459 e. The number of benzene rings is 1. The van der Waals surface area contributed by atoms with Crippen LogP contribution in [0.1, 0.15) is 32.1 Å². The highest BCUT2D eigenvalue weighted by Gasteiger charge is 2.27. The fourth-order valence-corrected chi connectivity index (χ4v) is 3.04. The summed E-state index contributed by atoms with van der Waals surface area (Å²) in [6, 6.07) is 9.07. The Morgan fingerprint density at radius 1 is 1.36 bits per heavy atom. The van der Waals surface area contributed by atoms with Crippen LogP contribution in [-0.4, -0.2) is 42.6 Å². The first-order valence-electron chi connectivity index (χ1n) is 8.65. The number of fused-ring (bicyclic) bond motifs is 1. The minimum atomic E-state index is -0.254. The lowest BCUT2D eigenvalue weighted by molar-refractivity contribution is 0.207. The molecule has 2 aromatic rings. The average Bonchev–Trinajstić information content (AvgIpc) is 3.21. The third kappa shape index (κ3) is 4.04. The van der Waals surface area contributed by atoms with Gasteiger partial charge in [0, 0.05) is 31.1 Å². The molecule has 4 amide bonds. The van der Waals surface area contributed by atoms with Crippen LogP contribution in [0.15, 0.2) is 34.7 Å². The third-order valence-electron chi connectivity index (χ3n) is 4.36. The minimum absolute atomic E-state index is 0.0366. The van der Waals surface area contributed by atoms with E-state index in [1.165, 1.54) is 0 Å². The number of carbonyl (C=O) groups is 2. The van der Waals surface area contributed by atoms with E-state index in [1.54, 1.807) is 4.90 Å². The van der Waals surface area contributed by atoms with Crippen molar-refractivity contribution in [3.63, 3.8) is 0 Å². The van der Waals surface area contributed by atoms with Crippen LogP contribution in [0.4, 0.5) is 9.59 Å². The van der Waals surface area contributed by atoms with Crippen LogP contribution in [0.25, 0.3) is 11.0 Å². The molecule has 2 heterocycles. The molecule has 1 fully saturated rings. The zero-order valence-electron chi connectivity index (χ0n) is 14.5. The SMILES string of the molecule is CCNC(=O)N1CC[C@@H](NC(=O)N[C@@H](C)c2cc3ccccc3o2)C1. The van der Waals surface area contributed by atoms with Crippen LogP contribution in [0.2, 0.25) is 0 Å². The molecule has 3 N–H and O–H groups in total. The molecule has 0 bridgehead atoms. The fraction of sp³-hybridized carbons (Fsp3) is 0.444. The van der Waals surface area contributed by atoms with Crippen molar-refractivity contribution in [1.29, 1.82) is 0 Å². The Bertz CT molecular complexity index is 725. The van der Waals surface area contributed by atoms with Crippen molar-refractivity contribution in [2.24, 2.45) is 0 Å². The van der Waals surface area contributed by atoms with E-state index in [4.69, 9.17) is 4.42 Å². The van der Waals surface area contributed by atoms with Gasteiger partial charge >= 0.3 is 12.1 Å². The monoisotopic (exact) mass is 344 g/mol. The normalized spacial score (nSPS) is 18.2. The van der Waals surface area contributed by atoms with E-state index in [9.17, 15) is 9.59 Å². The molecular formula is C18H24N4O3. The lowest BCUT2D eigenvalue weighted by Gasteiger charge is -2.18. The van der Waals surface area contributed by atoms with E-state index in [-0.39, 0.29) is 24.1 Å². The van der Waals surface area contributed by atoms with Gasteiger partial charge in [-0.05, 0) is 32.4 Å². The first-order chi connectivity index (χ1) is 12.1. The highest BCUT2D eigenvalue weighted by atomic mass is 16.3. The first-order valence-corrected chi connectivity index (χ1v) is 8.65. The number of nitrogens with one attached hydrogen (secondary N) is 3. The number of urea groups is 2. The molecular weight excluding hydrogens is 320 g/mol. The largest absolute Gasteiger partial charge is 0.459 e. The molecule has 1 aliphatic rings. The molecule has 2 atom stereocenters. The van der Waals surface area contributed by atoms with Gasteiger partial charge in [-0.1, -0.05) is 18.2 Å². The summed E-state index contributed by atoms with van der Waals surface area (Å²) in [6.07, 6.45) is 0.754. The van der Waals surface area contributed by atoms with Crippen LogP contribution in [0.3, 0.4) is 0 Å². The summed E-state index contributed by atoms with van der Waals surface area (Å²) in [7, 11) is 0. The zero-order chi connectivity index (χ0) is 17.8. The van der Waals surface area contributed by atoms with Gasteiger partial charge in [0.05, 0.1) is 6.04 Å². The van der Waals surface area contributed by atoms with Crippen LogP contribution in [-0.2, 0) is 0 Å². The molecule has 0 unspecified atom stereocenters. The Labute approximate surface area is 146 Å². The quantitative estimate of drug-likeness (QED) is 0.797. The maximum absolute atomic E-state index is 12.2. The summed E-state index contributed by atoms with van der Waals surface area (Å²) in [5, 5.41) is 9.61. The second-order valence-electron chi connectivity index (χ2n) is 6.29. The Balaban J connectivity index is 1.51. The van der Waals surface area contributed by atoms with Gasteiger partial charge in [0.2, 0.25) is 0 Å². The van der Waals surface area contributed by atoms with Gasteiger partial charge in [0.1, 0.15) is 11.3 Å². The Hall–Kier alpha value is -2.70. The fourth-order valence-electron chi connectivity index (χ4n) is 3.04. The highest BCUT2D eigenvalue weighted by Crippen LogP contribution is 2.23. The van der Waals surface area contributed by atoms with Crippen LogP contribution in [0, 0.1) is 0 Å². The van der Waals surface area contributed by atoms with Crippen LogP contribution < -0.4 is 16.0 Å². The number of likely N-dealkylation sites (tertiary alicyclic amines) is 1. The molecule has 1 aliphatic heterocycles. The van der Waals surface area contributed by atoms with Crippen molar-refractivity contribution in [2.45, 2.75) is 32.4 Å². The van der Waals surface area contributed by atoms with Gasteiger partial charge in [-0.15, -0.1) is 0 Å². The molecule has 25 heavy (non-hydrogen) atoms. The molecule has 0 spiro atoms. The van der Waals surface area contributed by atoms with Crippen molar-refractivity contribution in [2.75, 3.05) is 19.6 Å². The number of furan rings is 1. The average molecular weight is 344 g/mol.